The Labute approximate surface area is 145 Å². The van der Waals surface area contributed by atoms with E-state index < -0.39 is 14.2 Å². The topological polar surface area (TPSA) is 36.9 Å². The van der Waals surface area contributed by atoms with E-state index in [2.05, 4.69) is 0 Å². The van der Waals surface area contributed by atoms with E-state index in [0.29, 0.717) is 32.8 Å². The maximum atomic E-state index is 13.2. The highest BCUT2D eigenvalue weighted by atomic mass is 19.1. The molecule has 2 aliphatic heterocycles. The van der Waals surface area contributed by atoms with Crippen molar-refractivity contribution in [1.82, 2.24) is 0 Å². The molecule has 0 spiro atoms. The molecule has 2 aliphatic rings. The zero-order valence-corrected chi connectivity index (χ0v) is 13.5. The van der Waals surface area contributed by atoms with E-state index in [1.807, 2.05) is 0 Å². The molecular weight excluding hydrogens is 328 g/mol. The van der Waals surface area contributed by atoms with Gasteiger partial charge in [0.25, 0.3) is 0 Å². The molecule has 0 N–H and O–H groups in total. The predicted octanol–water partition coefficient (Wildman–Crippen LogP) is 1.54. The van der Waals surface area contributed by atoms with Crippen LogP contribution >= 0.6 is 0 Å². The highest BCUT2D eigenvalue weighted by Gasteiger charge is 2.32. The van der Waals surface area contributed by atoms with Gasteiger partial charge in [-0.15, -0.1) is 0 Å². The van der Waals surface area contributed by atoms with Crippen molar-refractivity contribution in [2.45, 2.75) is 19.6 Å². The first kappa shape index (κ1) is 16.7. The van der Waals surface area contributed by atoms with Crippen LogP contribution in [0, 0.1) is 11.6 Å². The molecule has 2 aromatic rings. The smallest absolute Gasteiger partial charge is 0.407 e. The maximum absolute atomic E-state index is 13.2. The highest BCUT2D eigenvalue weighted by molar-refractivity contribution is 6.63. The molecule has 0 unspecified atom stereocenters. The molecule has 8 heteroatoms. The zero-order valence-electron chi connectivity index (χ0n) is 13.5. The van der Waals surface area contributed by atoms with Crippen molar-refractivity contribution in [3.8, 4) is 0 Å². The standard InChI is InChI=1S/C17H16B2F2O4/c20-14-2-4-16-12(8-14)10-24-18(16)22-6-1-7-23-19-17-5-3-15(21)9-13(17)11-25-19/h2-5,8-9H,1,6-7,10-11H2. The molecule has 4 rings (SSSR count). The number of rotatable bonds is 6. The SMILES string of the molecule is Fc1ccc2c(c1)COB2OCCCOB1OCc2cc(F)ccc21. The Bertz CT molecular complexity index is 711. The summed E-state index contributed by atoms with van der Waals surface area (Å²) < 4.78 is 48.8. The van der Waals surface area contributed by atoms with E-state index in [-0.39, 0.29) is 11.6 Å². The molecule has 0 fully saturated rings. The fraction of sp³-hybridized carbons (Fsp3) is 0.294. The van der Waals surface area contributed by atoms with Crippen molar-refractivity contribution in [2.75, 3.05) is 13.2 Å². The third-order valence-electron chi connectivity index (χ3n) is 4.33. The lowest BCUT2D eigenvalue weighted by molar-refractivity contribution is 0.174. The van der Waals surface area contributed by atoms with Gasteiger partial charge in [-0.3, -0.25) is 0 Å². The van der Waals surface area contributed by atoms with Crippen molar-refractivity contribution < 1.29 is 27.4 Å². The van der Waals surface area contributed by atoms with Gasteiger partial charge in [0.1, 0.15) is 11.6 Å². The molecule has 2 aromatic carbocycles. The number of hydrogen-bond acceptors (Lipinski definition) is 4. The van der Waals surface area contributed by atoms with Gasteiger partial charge in [0.2, 0.25) is 0 Å². The van der Waals surface area contributed by atoms with Crippen molar-refractivity contribution in [3.05, 3.63) is 59.2 Å². The molecule has 4 nitrogen and oxygen atoms in total. The average Bonchev–Trinajstić information content (AvgIpc) is 3.18. The zero-order chi connectivity index (χ0) is 17.2. The Morgan fingerprint density at radius 2 is 1.28 bits per heavy atom. The highest BCUT2D eigenvalue weighted by Crippen LogP contribution is 2.14. The summed E-state index contributed by atoms with van der Waals surface area (Å²) in [6.45, 7) is 1.62. The van der Waals surface area contributed by atoms with Gasteiger partial charge in [0, 0.05) is 13.2 Å². The van der Waals surface area contributed by atoms with Crippen LogP contribution in [0.3, 0.4) is 0 Å². The van der Waals surface area contributed by atoms with Crippen LogP contribution in [0.25, 0.3) is 0 Å². The van der Waals surface area contributed by atoms with Gasteiger partial charge in [-0.05, 0) is 52.7 Å². The first-order chi connectivity index (χ1) is 12.2. The van der Waals surface area contributed by atoms with E-state index in [1.165, 1.54) is 24.3 Å². The van der Waals surface area contributed by atoms with Gasteiger partial charge in [-0.25, -0.2) is 8.78 Å². The minimum atomic E-state index is -0.456. The Balaban J connectivity index is 1.22. The van der Waals surface area contributed by atoms with E-state index in [1.54, 1.807) is 12.1 Å². The second kappa shape index (κ2) is 7.25. The van der Waals surface area contributed by atoms with Crippen molar-refractivity contribution in [1.29, 1.82) is 0 Å². The van der Waals surface area contributed by atoms with Crippen molar-refractivity contribution in [2.24, 2.45) is 0 Å². The van der Waals surface area contributed by atoms with Crippen LogP contribution in [0.4, 0.5) is 8.78 Å². The van der Waals surface area contributed by atoms with Gasteiger partial charge in [-0.1, -0.05) is 12.1 Å². The molecular formula is C17H16B2F2O4. The molecule has 0 saturated carbocycles. The van der Waals surface area contributed by atoms with E-state index in [4.69, 9.17) is 18.6 Å². The van der Waals surface area contributed by atoms with Gasteiger partial charge >= 0.3 is 14.2 Å². The third kappa shape index (κ3) is 3.62. The lowest BCUT2D eigenvalue weighted by Gasteiger charge is -2.11. The summed E-state index contributed by atoms with van der Waals surface area (Å²) in [6, 6.07) is 9.15. The molecule has 128 valence electrons. The summed E-state index contributed by atoms with van der Waals surface area (Å²) in [5.41, 5.74) is 3.39. The van der Waals surface area contributed by atoms with Crippen molar-refractivity contribution >= 4 is 25.2 Å². The predicted molar refractivity (Wildman–Crippen MR) is 89.7 cm³/mol. The van der Waals surface area contributed by atoms with E-state index in [9.17, 15) is 8.78 Å². The third-order valence-corrected chi connectivity index (χ3v) is 4.33. The van der Waals surface area contributed by atoms with E-state index >= 15 is 0 Å². The van der Waals surface area contributed by atoms with Gasteiger partial charge in [0.05, 0.1) is 13.2 Å². The van der Waals surface area contributed by atoms with E-state index in [0.717, 1.165) is 22.1 Å². The second-order valence-corrected chi connectivity index (χ2v) is 6.07. The molecule has 0 aromatic heterocycles. The summed E-state index contributed by atoms with van der Waals surface area (Å²) in [7, 11) is -0.913. The summed E-state index contributed by atoms with van der Waals surface area (Å²) >= 11 is 0. The summed E-state index contributed by atoms with van der Waals surface area (Å²) in [6.07, 6.45) is 0.660. The molecule has 0 saturated heterocycles. The van der Waals surface area contributed by atoms with Crippen LogP contribution in [-0.2, 0) is 31.8 Å². The molecule has 2 heterocycles. The van der Waals surface area contributed by atoms with Crippen LogP contribution in [0.2, 0.25) is 0 Å². The Hall–Kier alpha value is -1.73. The minimum Gasteiger partial charge on any atom is -0.407 e. The van der Waals surface area contributed by atoms with Gasteiger partial charge in [-0.2, -0.15) is 0 Å². The molecule has 0 atom stereocenters. The Morgan fingerprint density at radius 1 is 0.800 bits per heavy atom. The van der Waals surface area contributed by atoms with Crippen LogP contribution in [0.5, 0.6) is 0 Å². The molecule has 25 heavy (non-hydrogen) atoms. The van der Waals surface area contributed by atoms with Gasteiger partial charge in [0.15, 0.2) is 0 Å². The number of benzene rings is 2. The number of hydrogen-bond donors (Lipinski definition) is 0. The first-order valence-electron chi connectivity index (χ1n) is 8.24. The number of halogens is 2. The molecule has 0 amide bonds. The van der Waals surface area contributed by atoms with Crippen LogP contribution in [0.1, 0.15) is 17.5 Å². The van der Waals surface area contributed by atoms with Crippen molar-refractivity contribution in [3.63, 3.8) is 0 Å². The number of fused-ring (bicyclic) bond motifs is 2. The summed E-state index contributed by atoms with van der Waals surface area (Å²) in [4.78, 5) is 0. The summed E-state index contributed by atoms with van der Waals surface area (Å²) in [5.74, 6) is -0.541. The quantitative estimate of drug-likeness (QED) is 0.589. The molecule has 0 bridgehead atoms. The first-order valence-corrected chi connectivity index (χ1v) is 8.24. The maximum Gasteiger partial charge on any atom is 0.494 e. The van der Waals surface area contributed by atoms with Crippen LogP contribution in [-0.4, -0.2) is 27.5 Å². The average molecular weight is 344 g/mol. The lowest BCUT2D eigenvalue weighted by atomic mass is 9.78. The Morgan fingerprint density at radius 3 is 1.76 bits per heavy atom. The van der Waals surface area contributed by atoms with Gasteiger partial charge < -0.3 is 18.6 Å². The fourth-order valence-electron chi connectivity index (χ4n) is 3.08. The fourth-order valence-corrected chi connectivity index (χ4v) is 3.08. The van der Waals surface area contributed by atoms with Crippen LogP contribution in [0.15, 0.2) is 36.4 Å². The second-order valence-electron chi connectivity index (χ2n) is 6.07. The molecule has 0 aliphatic carbocycles. The Kier molecular flexibility index (Phi) is 4.85. The minimum absolute atomic E-state index is 0.270. The largest absolute Gasteiger partial charge is 0.494 e. The van der Waals surface area contributed by atoms with Crippen LogP contribution < -0.4 is 10.9 Å². The normalized spacial score (nSPS) is 15.6. The molecule has 0 radical (unpaired) electrons. The lowest BCUT2D eigenvalue weighted by Crippen LogP contribution is -2.34. The summed E-state index contributed by atoms with van der Waals surface area (Å²) in [5, 5.41) is 0. The monoisotopic (exact) mass is 344 g/mol.